The summed E-state index contributed by atoms with van der Waals surface area (Å²) in [5.74, 6) is -1.86. The van der Waals surface area contributed by atoms with Gasteiger partial charge < -0.3 is 10.4 Å². The molecule has 0 aromatic heterocycles. The number of halogens is 2. The molecule has 1 heterocycles. The van der Waals surface area contributed by atoms with Crippen LogP contribution in [0, 0.1) is 11.6 Å². The number of likely N-dealkylation sites (tertiary alicyclic amines) is 1. The third-order valence-corrected chi connectivity index (χ3v) is 3.05. The maximum atomic E-state index is 13.3. The van der Waals surface area contributed by atoms with Crippen LogP contribution >= 0.6 is 0 Å². The minimum Gasteiger partial charge on any atom is -0.392 e. The van der Waals surface area contributed by atoms with Gasteiger partial charge in [0.2, 0.25) is 5.91 Å². The highest BCUT2D eigenvalue weighted by molar-refractivity contribution is 5.92. The fourth-order valence-corrected chi connectivity index (χ4v) is 2.16. The number of nitrogens with one attached hydrogen (secondary N) is 1. The van der Waals surface area contributed by atoms with Crippen molar-refractivity contribution >= 4 is 11.6 Å². The number of hydrogen-bond donors (Lipinski definition) is 2. The van der Waals surface area contributed by atoms with Crippen molar-refractivity contribution in [1.29, 1.82) is 0 Å². The molecule has 1 atom stereocenters. The second-order valence-corrected chi connectivity index (χ2v) is 4.70. The van der Waals surface area contributed by atoms with Gasteiger partial charge in [0.15, 0.2) is 0 Å². The van der Waals surface area contributed by atoms with E-state index in [1.165, 1.54) is 6.07 Å². The Morgan fingerprint density at radius 3 is 2.95 bits per heavy atom. The van der Waals surface area contributed by atoms with Crippen LogP contribution in [0.5, 0.6) is 0 Å². The second-order valence-electron chi connectivity index (χ2n) is 4.70. The smallest absolute Gasteiger partial charge is 0.238 e. The molecule has 0 radical (unpaired) electrons. The summed E-state index contributed by atoms with van der Waals surface area (Å²) in [5.41, 5.74) is -0.0380. The molecule has 0 aliphatic carbocycles. The number of amides is 1. The maximum Gasteiger partial charge on any atom is 0.238 e. The highest BCUT2D eigenvalue weighted by Crippen LogP contribution is 2.15. The zero-order chi connectivity index (χ0) is 13.8. The SMILES string of the molecule is O=C(CN1CCCC(O)C1)Nc1ccc(F)cc1F. The van der Waals surface area contributed by atoms with E-state index in [0.717, 1.165) is 31.5 Å². The number of aliphatic hydroxyl groups is 1. The van der Waals surface area contributed by atoms with Gasteiger partial charge >= 0.3 is 0 Å². The van der Waals surface area contributed by atoms with Gasteiger partial charge in [-0.15, -0.1) is 0 Å². The van der Waals surface area contributed by atoms with Crippen LogP contribution in [-0.2, 0) is 4.79 Å². The van der Waals surface area contributed by atoms with Crippen molar-refractivity contribution in [3.8, 4) is 0 Å². The molecule has 1 aromatic rings. The second kappa shape index (κ2) is 6.08. The van der Waals surface area contributed by atoms with E-state index in [4.69, 9.17) is 0 Å². The molecule has 4 nitrogen and oxygen atoms in total. The summed E-state index contributed by atoms with van der Waals surface area (Å²) in [6, 6.07) is 3.00. The first-order valence-corrected chi connectivity index (χ1v) is 6.20. The van der Waals surface area contributed by atoms with Crippen LogP contribution in [-0.4, -0.2) is 41.7 Å². The van der Waals surface area contributed by atoms with E-state index in [-0.39, 0.29) is 18.1 Å². The molecule has 6 heteroatoms. The van der Waals surface area contributed by atoms with Gasteiger partial charge in [0.05, 0.1) is 18.3 Å². The molecule has 1 unspecified atom stereocenters. The largest absolute Gasteiger partial charge is 0.392 e. The predicted molar refractivity (Wildman–Crippen MR) is 66.7 cm³/mol. The Bertz CT molecular complexity index is 468. The van der Waals surface area contributed by atoms with Crippen molar-refractivity contribution in [1.82, 2.24) is 4.90 Å². The van der Waals surface area contributed by atoms with Gasteiger partial charge in [-0.25, -0.2) is 8.78 Å². The molecular formula is C13H16F2N2O2. The summed E-state index contributed by atoms with van der Waals surface area (Å²) in [6.45, 7) is 1.27. The number of hydrogen-bond acceptors (Lipinski definition) is 3. The molecule has 1 aliphatic heterocycles. The number of carbonyl (C=O) groups excluding carboxylic acids is 1. The molecule has 2 N–H and O–H groups in total. The van der Waals surface area contributed by atoms with Crippen LogP contribution in [0.15, 0.2) is 18.2 Å². The summed E-state index contributed by atoms with van der Waals surface area (Å²) in [5, 5.41) is 11.9. The normalized spacial score (nSPS) is 20.3. The fraction of sp³-hybridized carbons (Fsp3) is 0.462. The van der Waals surface area contributed by atoms with E-state index >= 15 is 0 Å². The highest BCUT2D eigenvalue weighted by atomic mass is 19.1. The molecule has 0 spiro atoms. The number of nitrogens with zero attached hydrogens (tertiary/aromatic N) is 1. The molecule has 2 rings (SSSR count). The standard InChI is InChI=1S/C13H16F2N2O2/c14-9-3-4-12(11(15)6-9)16-13(19)8-17-5-1-2-10(18)7-17/h3-4,6,10,18H,1-2,5,7-8H2,(H,16,19). The quantitative estimate of drug-likeness (QED) is 0.872. The van der Waals surface area contributed by atoms with Crippen molar-refractivity contribution in [2.24, 2.45) is 0 Å². The van der Waals surface area contributed by atoms with Crippen LogP contribution in [0.3, 0.4) is 0 Å². The predicted octanol–water partition coefficient (Wildman–Crippen LogP) is 1.36. The lowest BCUT2D eigenvalue weighted by Gasteiger charge is -2.29. The van der Waals surface area contributed by atoms with Crippen molar-refractivity contribution in [3.05, 3.63) is 29.8 Å². The van der Waals surface area contributed by atoms with Crippen molar-refractivity contribution in [3.63, 3.8) is 0 Å². The summed E-state index contributed by atoms with van der Waals surface area (Å²) in [6.07, 6.45) is 1.16. The van der Waals surface area contributed by atoms with E-state index in [1.54, 1.807) is 0 Å². The van der Waals surface area contributed by atoms with E-state index in [0.29, 0.717) is 6.54 Å². The molecule has 0 bridgehead atoms. The lowest BCUT2D eigenvalue weighted by Crippen LogP contribution is -2.42. The van der Waals surface area contributed by atoms with Crippen molar-refractivity contribution in [2.45, 2.75) is 18.9 Å². The number of carbonyl (C=O) groups is 1. The Balaban J connectivity index is 1.90. The Hall–Kier alpha value is -1.53. The first-order valence-electron chi connectivity index (χ1n) is 6.20. The Morgan fingerprint density at radius 2 is 2.26 bits per heavy atom. The van der Waals surface area contributed by atoms with Crippen molar-refractivity contribution < 1.29 is 18.7 Å². The molecule has 19 heavy (non-hydrogen) atoms. The summed E-state index contributed by atoms with van der Waals surface area (Å²) < 4.78 is 26.1. The van der Waals surface area contributed by atoms with Gasteiger partial charge in [0.25, 0.3) is 0 Å². The number of rotatable bonds is 3. The highest BCUT2D eigenvalue weighted by Gasteiger charge is 2.20. The Kier molecular flexibility index (Phi) is 4.44. The van der Waals surface area contributed by atoms with E-state index in [2.05, 4.69) is 5.32 Å². The fourth-order valence-electron chi connectivity index (χ4n) is 2.16. The minimum atomic E-state index is -0.799. The molecule has 0 saturated carbocycles. The van der Waals surface area contributed by atoms with Gasteiger partial charge in [-0.2, -0.15) is 0 Å². The average Bonchev–Trinajstić information content (AvgIpc) is 2.33. The molecule has 1 amide bonds. The topological polar surface area (TPSA) is 52.6 Å². The van der Waals surface area contributed by atoms with Crippen LogP contribution in [0.4, 0.5) is 14.5 Å². The number of piperidine rings is 1. The summed E-state index contributed by atoms with van der Waals surface area (Å²) >= 11 is 0. The third kappa shape index (κ3) is 3.97. The van der Waals surface area contributed by atoms with E-state index in [9.17, 15) is 18.7 Å². The van der Waals surface area contributed by atoms with Gasteiger partial charge in [-0.05, 0) is 31.5 Å². The van der Waals surface area contributed by atoms with Gasteiger partial charge in [0.1, 0.15) is 11.6 Å². The molecule has 1 fully saturated rings. The number of anilines is 1. The summed E-state index contributed by atoms with van der Waals surface area (Å²) in [4.78, 5) is 13.5. The maximum absolute atomic E-state index is 13.3. The van der Waals surface area contributed by atoms with E-state index in [1.807, 2.05) is 4.90 Å². The van der Waals surface area contributed by atoms with Crippen LogP contribution in [0.1, 0.15) is 12.8 Å². The Labute approximate surface area is 110 Å². The minimum absolute atomic E-state index is 0.0380. The first kappa shape index (κ1) is 13.9. The lowest BCUT2D eigenvalue weighted by atomic mass is 10.1. The number of β-amino-alcohol motifs (C(OH)–C–C–N with tert-alkyl or cyclic N) is 1. The molecule has 1 saturated heterocycles. The van der Waals surface area contributed by atoms with Gasteiger partial charge in [0, 0.05) is 12.6 Å². The molecular weight excluding hydrogens is 254 g/mol. The van der Waals surface area contributed by atoms with Gasteiger partial charge in [-0.3, -0.25) is 9.69 Å². The monoisotopic (exact) mass is 270 g/mol. The molecule has 1 aromatic carbocycles. The van der Waals surface area contributed by atoms with Crippen LogP contribution in [0.2, 0.25) is 0 Å². The number of benzene rings is 1. The number of aliphatic hydroxyl groups excluding tert-OH is 1. The molecule has 1 aliphatic rings. The van der Waals surface area contributed by atoms with Gasteiger partial charge in [-0.1, -0.05) is 0 Å². The van der Waals surface area contributed by atoms with Crippen LogP contribution in [0.25, 0.3) is 0 Å². The van der Waals surface area contributed by atoms with E-state index < -0.39 is 17.7 Å². The van der Waals surface area contributed by atoms with Crippen LogP contribution < -0.4 is 5.32 Å². The first-order chi connectivity index (χ1) is 9.04. The zero-order valence-corrected chi connectivity index (χ0v) is 10.4. The summed E-state index contributed by atoms with van der Waals surface area (Å²) in [7, 11) is 0. The zero-order valence-electron chi connectivity index (χ0n) is 10.4. The average molecular weight is 270 g/mol. The Morgan fingerprint density at radius 1 is 1.47 bits per heavy atom. The molecule has 104 valence electrons. The van der Waals surface area contributed by atoms with Crippen molar-refractivity contribution in [2.75, 3.05) is 25.0 Å². The third-order valence-electron chi connectivity index (χ3n) is 3.05. The lowest BCUT2D eigenvalue weighted by molar-refractivity contribution is -0.118.